The van der Waals surface area contributed by atoms with Crippen LogP contribution in [0, 0.1) is 10.1 Å². The number of hydrogen-bond acceptors (Lipinski definition) is 8. The largest absolute Gasteiger partial charge is 0.464 e. The molecule has 0 heterocycles. The van der Waals surface area contributed by atoms with E-state index >= 15 is 0 Å². The molecular formula is C10H16N2O7S. The molecule has 0 saturated carbocycles. The van der Waals surface area contributed by atoms with E-state index in [1.165, 1.54) is 0 Å². The van der Waals surface area contributed by atoms with Gasteiger partial charge < -0.3 is 14.9 Å². The molecule has 0 radical (unpaired) electrons. The van der Waals surface area contributed by atoms with Crippen LogP contribution >= 0.6 is 11.8 Å². The molecule has 0 aliphatic rings. The minimum atomic E-state index is -1.12. The number of rotatable bonds is 9. The average Bonchev–Trinajstić information content (AvgIpc) is 2.40. The van der Waals surface area contributed by atoms with Crippen LogP contribution in [-0.4, -0.2) is 47.1 Å². The van der Waals surface area contributed by atoms with Gasteiger partial charge in [0.25, 0.3) is 5.09 Å². The molecule has 1 N–H and O–H groups in total. The van der Waals surface area contributed by atoms with Gasteiger partial charge in [-0.2, -0.15) is 0 Å². The molecular weight excluding hydrogens is 292 g/mol. The van der Waals surface area contributed by atoms with Crippen LogP contribution in [0.15, 0.2) is 0 Å². The third kappa shape index (κ3) is 8.29. The Morgan fingerprint density at radius 2 is 2.00 bits per heavy atom. The minimum Gasteiger partial charge on any atom is -0.464 e. The molecule has 1 amide bonds. The molecule has 9 nitrogen and oxygen atoms in total. The number of ether oxygens (including phenoxy) is 1. The highest BCUT2D eigenvalue weighted by atomic mass is 32.2. The number of amides is 1. The maximum Gasteiger partial charge on any atom is 0.329 e. The highest BCUT2D eigenvalue weighted by molar-refractivity contribution is 8.13. The van der Waals surface area contributed by atoms with Crippen LogP contribution in [0.25, 0.3) is 0 Å². The van der Waals surface area contributed by atoms with E-state index in [9.17, 15) is 24.5 Å². The van der Waals surface area contributed by atoms with Gasteiger partial charge in [-0.1, -0.05) is 18.7 Å². The van der Waals surface area contributed by atoms with Crippen molar-refractivity contribution < 1.29 is 29.0 Å². The summed E-state index contributed by atoms with van der Waals surface area (Å²) in [6, 6.07) is -1.06. The van der Waals surface area contributed by atoms with Crippen molar-refractivity contribution in [2.75, 3.05) is 19.0 Å². The van der Waals surface area contributed by atoms with Crippen LogP contribution in [0.2, 0.25) is 0 Å². The molecule has 10 heteroatoms. The van der Waals surface area contributed by atoms with Gasteiger partial charge in [0.1, 0.15) is 6.04 Å². The zero-order chi connectivity index (χ0) is 15.5. The van der Waals surface area contributed by atoms with Gasteiger partial charge >= 0.3 is 5.97 Å². The van der Waals surface area contributed by atoms with E-state index in [1.54, 1.807) is 13.8 Å². The van der Waals surface area contributed by atoms with Crippen molar-refractivity contribution in [3.63, 3.8) is 0 Å². The summed E-state index contributed by atoms with van der Waals surface area (Å²) in [5, 5.41) is 10.9. The van der Waals surface area contributed by atoms with E-state index < -0.39 is 29.6 Å². The van der Waals surface area contributed by atoms with Gasteiger partial charge in [0.05, 0.1) is 6.61 Å². The zero-order valence-corrected chi connectivity index (χ0v) is 11.9. The van der Waals surface area contributed by atoms with Gasteiger partial charge in [-0.15, -0.1) is 10.1 Å². The monoisotopic (exact) mass is 308 g/mol. The lowest BCUT2D eigenvalue weighted by atomic mass is 10.3. The summed E-state index contributed by atoms with van der Waals surface area (Å²) < 4.78 is 4.74. The van der Waals surface area contributed by atoms with Crippen molar-refractivity contribution in [1.82, 2.24) is 5.32 Å². The lowest BCUT2D eigenvalue weighted by molar-refractivity contribution is -0.754. The highest BCUT2D eigenvalue weighted by Gasteiger charge is 2.23. The molecule has 114 valence electrons. The fraction of sp³-hybridized carbons (Fsp3) is 0.700. The zero-order valence-electron chi connectivity index (χ0n) is 11.1. The third-order valence-electron chi connectivity index (χ3n) is 1.91. The number of nitrogens with one attached hydrogen (secondary N) is 1. The van der Waals surface area contributed by atoms with Crippen molar-refractivity contribution in [2.24, 2.45) is 0 Å². The Hall–Kier alpha value is -1.84. The number of nitrogens with zero attached hydrogens (tertiary/aromatic N) is 1. The lowest BCUT2D eigenvalue weighted by Crippen LogP contribution is -2.45. The van der Waals surface area contributed by atoms with Crippen molar-refractivity contribution in [3.05, 3.63) is 10.1 Å². The highest BCUT2D eigenvalue weighted by Crippen LogP contribution is 2.08. The van der Waals surface area contributed by atoms with Crippen LogP contribution in [0.4, 0.5) is 0 Å². The molecule has 20 heavy (non-hydrogen) atoms. The van der Waals surface area contributed by atoms with Crippen LogP contribution in [0.3, 0.4) is 0 Å². The molecule has 1 atom stereocenters. The Kier molecular flexibility index (Phi) is 9.09. The fourth-order valence-corrected chi connectivity index (χ4v) is 1.81. The molecule has 0 aromatic carbocycles. The molecule has 0 aromatic rings. The average molecular weight is 308 g/mol. The van der Waals surface area contributed by atoms with E-state index in [4.69, 9.17) is 4.74 Å². The van der Waals surface area contributed by atoms with Crippen molar-refractivity contribution in [2.45, 2.75) is 26.3 Å². The molecule has 0 bridgehead atoms. The molecule has 0 aliphatic carbocycles. The minimum absolute atomic E-state index is 0.00426. The standard InChI is InChI=1S/C10H16N2O7S/c1-3-9(14)20-6-7(10(15)18-4-2)11-8(13)5-19-12(16)17/h7H,3-6H2,1-2H3,(H,11,13). The van der Waals surface area contributed by atoms with Crippen LogP contribution in [0.1, 0.15) is 20.3 Å². The van der Waals surface area contributed by atoms with Gasteiger partial charge in [-0.25, -0.2) is 4.79 Å². The second-order valence-corrected chi connectivity index (χ2v) is 4.48. The van der Waals surface area contributed by atoms with Gasteiger partial charge in [0.2, 0.25) is 5.91 Å². The normalized spacial score (nSPS) is 11.3. The number of esters is 1. The summed E-state index contributed by atoms with van der Waals surface area (Å²) >= 11 is 0.876. The van der Waals surface area contributed by atoms with Crippen molar-refractivity contribution >= 4 is 28.8 Å². The quantitative estimate of drug-likeness (QED) is 0.356. The first kappa shape index (κ1) is 18.2. The Bertz CT molecular complexity index is 375. The molecule has 0 rings (SSSR count). The molecule has 0 saturated heterocycles. The third-order valence-corrected chi connectivity index (χ3v) is 3.02. The van der Waals surface area contributed by atoms with Crippen molar-refractivity contribution in [1.29, 1.82) is 0 Å². The predicted molar refractivity (Wildman–Crippen MR) is 69.3 cm³/mol. The first-order chi connectivity index (χ1) is 9.40. The smallest absolute Gasteiger partial charge is 0.329 e. The van der Waals surface area contributed by atoms with Crippen molar-refractivity contribution in [3.8, 4) is 0 Å². The molecule has 0 aromatic heterocycles. The lowest BCUT2D eigenvalue weighted by Gasteiger charge is -2.16. The summed E-state index contributed by atoms with van der Waals surface area (Å²) in [4.78, 5) is 47.9. The number of carbonyl (C=O) groups excluding carboxylic acids is 3. The topological polar surface area (TPSA) is 125 Å². The molecule has 1 unspecified atom stereocenters. The maximum absolute atomic E-state index is 11.6. The first-order valence-corrected chi connectivity index (χ1v) is 6.78. The van der Waals surface area contributed by atoms with Gasteiger partial charge in [-0.3, -0.25) is 9.59 Å². The van der Waals surface area contributed by atoms with Gasteiger partial charge in [0.15, 0.2) is 11.7 Å². The summed E-state index contributed by atoms with van der Waals surface area (Å²) in [5.74, 6) is -1.56. The first-order valence-electron chi connectivity index (χ1n) is 5.79. The van der Waals surface area contributed by atoms with Crippen LogP contribution in [-0.2, 0) is 24.0 Å². The Morgan fingerprint density at radius 3 is 2.50 bits per heavy atom. The predicted octanol–water partition coefficient (Wildman–Crippen LogP) is -0.0876. The second-order valence-electron chi connectivity index (χ2n) is 3.41. The van der Waals surface area contributed by atoms with Gasteiger partial charge in [-0.05, 0) is 6.92 Å². The van der Waals surface area contributed by atoms with E-state index in [0.29, 0.717) is 6.42 Å². The van der Waals surface area contributed by atoms with Crippen LogP contribution < -0.4 is 5.32 Å². The van der Waals surface area contributed by atoms with E-state index in [1.807, 2.05) is 0 Å². The maximum atomic E-state index is 11.6. The Balaban J connectivity index is 4.43. The molecule has 0 fully saturated rings. The Morgan fingerprint density at radius 1 is 1.35 bits per heavy atom. The molecule has 0 spiro atoms. The summed E-state index contributed by atoms with van der Waals surface area (Å²) in [5.41, 5.74) is 0. The van der Waals surface area contributed by atoms with E-state index in [-0.39, 0.29) is 17.5 Å². The summed E-state index contributed by atoms with van der Waals surface area (Å²) in [6.45, 7) is 2.55. The summed E-state index contributed by atoms with van der Waals surface area (Å²) in [6.07, 6.45) is 0.290. The van der Waals surface area contributed by atoms with Gasteiger partial charge in [0, 0.05) is 12.2 Å². The Labute approximate surface area is 119 Å². The molecule has 0 aliphatic heterocycles. The van der Waals surface area contributed by atoms with Crippen LogP contribution in [0.5, 0.6) is 0 Å². The number of carbonyl (C=O) groups is 3. The SMILES string of the molecule is CCOC(=O)C(CSC(=O)CC)NC(=O)CO[N+](=O)[O-]. The number of hydrogen-bond donors (Lipinski definition) is 1. The van der Waals surface area contributed by atoms with E-state index in [0.717, 1.165) is 11.8 Å². The second kappa shape index (κ2) is 10.0. The number of thioether (sulfide) groups is 1. The van der Waals surface area contributed by atoms with E-state index in [2.05, 4.69) is 10.2 Å². The fourth-order valence-electron chi connectivity index (χ4n) is 1.04. The summed E-state index contributed by atoms with van der Waals surface area (Å²) in [7, 11) is 0.